The van der Waals surface area contributed by atoms with Crippen LogP contribution >= 0.6 is 10.8 Å². The Balaban J connectivity index is 1.85. The molecule has 6 heteroatoms. The van der Waals surface area contributed by atoms with Crippen LogP contribution in [-0.4, -0.2) is 24.1 Å². The first-order valence-electron chi connectivity index (χ1n) is 6.82. The summed E-state index contributed by atoms with van der Waals surface area (Å²) in [6.07, 6.45) is 0. The Kier molecular flexibility index (Phi) is 6.23. The minimum absolute atomic E-state index is 0.303. The second-order valence-corrected chi connectivity index (χ2v) is 10.5. The number of hydrogen-bond donors (Lipinski definition) is 0. The fourth-order valence-corrected chi connectivity index (χ4v) is 6.40. The molecule has 0 fully saturated rings. The smallest absolute Gasteiger partial charge is 0.230 e. The lowest BCUT2D eigenvalue weighted by molar-refractivity contribution is 0.610. The topological polar surface area (TPSA) is 51.2 Å². The molecule has 2 rings (SSSR count). The van der Waals surface area contributed by atoms with E-state index >= 15 is 0 Å². The summed E-state index contributed by atoms with van der Waals surface area (Å²) < 4.78 is 36.3. The zero-order valence-corrected chi connectivity index (χ0v) is 14.7. The molecule has 2 aromatic carbocycles. The van der Waals surface area contributed by atoms with E-state index in [9.17, 15) is 12.6 Å². The molecule has 0 aliphatic heterocycles. The first kappa shape index (κ1) is 17.2. The van der Waals surface area contributed by atoms with Crippen LogP contribution in [0.3, 0.4) is 0 Å². The number of rotatable bonds is 7. The van der Waals surface area contributed by atoms with Gasteiger partial charge in [-0.3, -0.25) is 4.21 Å². The maximum Gasteiger partial charge on any atom is 0.230 e. The summed E-state index contributed by atoms with van der Waals surface area (Å²) in [6, 6.07) is 16.4. The highest BCUT2D eigenvalue weighted by atomic mass is 33.1. The van der Waals surface area contributed by atoms with Crippen molar-refractivity contribution in [1.82, 2.24) is 0 Å². The molecule has 0 aromatic heterocycles. The Morgan fingerprint density at radius 3 is 2.27 bits per heavy atom. The summed E-state index contributed by atoms with van der Waals surface area (Å²) >= 11 is 0. The van der Waals surface area contributed by atoms with E-state index in [1.54, 1.807) is 24.3 Å². The van der Waals surface area contributed by atoms with Crippen LogP contribution < -0.4 is 0 Å². The molecule has 0 amide bonds. The molecule has 0 bridgehead atoms. The number of hydrogen-bond acceptors (Lipinski definition) is 4. The Morgan fingerprint density at radius 2 is 1.64 bits per heavy atom. The van der Waals surface area contributed by atoms with Gasteiger partial charge in [0.1, 0.15) is 0 Å². The van der Waals surface area contributed by atoms with Crippen molar-refractivity contribution >= 4 is 30.5 Å². The van der Waals surface area contributed by atoms with Crippen LogP contribution in [0.25, 0.3) is 0 Å². The van der Waals surface area contributed by atoms with Gasteiger partial charge in [-0.25, -0.2) is 8.42 Å². The molecule has 0 heterocycles. The van der Waals surface area contributed by atoms with Gasteiger partial charge in [0, 0.05) is 28.1 Å². The fraction of sp³-hybridized carbons (Fsp3) is 0.250. The molecular weight excluding hydrogens is 336 g/mol. The van der Waals surface area contributed by atoms with Crippen LogP contribution in [0.2, 0.25) is 0 Å². The largest absolute Gasteiger partial charge is 0.259 e. The van der Waals surface area contributed by atoms with Crippen LogP contribution in [0.15, 0.2) is 59.5 Å². The minimum atomic E-state index is -3.36. The maximum atomic E-state index is 12.1. The summed E-state index contributed by atoms with van der Waals surface area (Å²) in [5, 5.41) is 0. The standard InChI is InChI=1S/C16H18O3S3/c1-14-7-9-16(10-8-14)22(18,19)20-11-12-21(17)13-15-5-3-2-4-6-15/h2-10H,11-13H2,1H3. The van der Waals surface area contributed by atoms with E-state index in [0.29, 0.717) is 22.2 Å². The predicted molar refractivity (Wildman–Crippen MR) is 94.0 cm³/mol. The SMILES string of the molecule is Cc1ccc(S(=O)(=O)SCCS(=O)Cc2ccccc2)cc1. The number of benzene rings is 2. The van der Waals surface area contributed by atoms with Crippen LogP contribution in [0.4, 0.5) is 0 Å². The lowest BCUT2D eigenvalue weighted by atomic mass is 10.2. The van der Waals surface area contributed by atoms with Gasteiger partial charge < -0.3 is 0 Å². The zero-order chi connectivity index (χ0) is 16.0. The maximum absolute atomic E-state index is 12.1. The van der Waals surface area contributed by atoms with E-state index in [0.717, 1.165) is 21.9 Å². The third-order valence-electron chi connectivity index (χ3n) is 3.03. The fourth-order valence-electron chi connectivity index (χ4n) is 1.84. The second-order valence-electron chi connectivity index (χ2n) is 4.86. The van der Waals surface area contributed by atoms with E-state index in [4.69, 9.17) is 0 Å². The first-order chi connectivity index (χ1) is 10.5. The lowest BCUT2D eigenvalue weighted by Crippen LogP contribution is -2.06. The molecule has 118 valence electrons. The molecular formula is C16H18O3S3. The first-order valence-corrected chi connectivity index (χ1v) is 11.3. The van der Waals surface area contributed by atoms with Crippen molar-refractivity contribution < 1.29 is 12.6 Å². The van der Waals surface area contributed by atoms with Gasteiger partial charge in [-0.05, 0) is 35.4 Å². The van der Waals surface area contributed by atoms with Crippen LogP contribution in [0.5, 0.6) is 0 Å². The number of aryl methyl sites for hydroxylation is 1. The Bertz CT molecular complexity index is 723. The molecule has 1 unspecified atom stereocenters. The van der Waals surface area contributed by atoms with Crippen LogP contribution in [0.1, 0.15) is 11.1 Å². The predicted octanol–water partition coefficient (Wildman–Crippen LogP) is 3.37. The molecule has 0 aliphatic carbocycles. The highest BCUT2D eigenvalue weighted by Crippen LogP contribution is 2.23. The van der Waals surface area contributed by atoms with Crippen LogP contribution in [-0.2, 0) is 25.4 Å². The molecule has 3 nitrogen and oxygen atoms in total. The Labute approximate surface area is 137 Å². The van der Waals surface area contributed by atoms with Gasteiger partial charge in [-0.2, -0.15) is 0 Å². The molecule has 1 atom stereocenters. The van der Waals surface area contributed by atoms with E-state index in [1.807, 2.05) is 37.3 Å². The average Bonchev–Trinajstić information content (AvgIpc) is 2.48. The molecule has 0 N–H and O–H groups in total. The Morgan fingerprint density at radius 1 is 1.00 bits per heavy atom. The molecule has 2 aromatic rings. The van der Waals surface area contributed by atoms with E-state index in [2.05, 4.69) is 0 Å². The van der Waals surface area contributed by atoms with Gasteiger partial charge in [0.05, 0.1) is 4.90 Å². The Hall–Kier alpha value is -1.11. The lowest BCUT2D eigenvalue weighted by Gasteiger charge is -2.05. The summed E-state index contributed by atoms with van der Waals surface area (Å²) in [5.74, 6) is 1.16. The van der Waals surface area contributed by atoms with Crippen molar-refractivity contribution in [1.29, 1.82) is 0 Å². The normalized spacial score (nSPS) is 13.0. The highest BCUT2D eigenvalue weighted by Gasteiger charge is 2.15. The summed E-state index contributed by atoms with van der Waals surface area (Å²) in [4.78, 5) is 0.303. The van der Waals surface area contributed by atoms with Gasteiger partial charge in [-0.15, -0.1) is 0 Å². The van der Waals surface area contributed by atoms with Crippen molar-refractivity contribution in [2.75, 3.05) is 11.5 Å². The summed E-state index contributed by atoms with van der Waals surface area (Å²) in [7, 11) is -3.56. The quantitative estimate of drug-likeness (QED) is 0.716. The van der Waals surface area contributed by atoms with Gasteiger partial charge in [0.2, 0.25) is 8.87 Å². The van der Waals surface area contributed by atoms with Gasteiger partial charge in [0.15, 0.2) is 0 Å². The monoisotopic (exact) mass is 354 g/mol. The molecule has 22 heavy (non-hydrogen) atoms. The molecule has 0 spiro atoms. The van der Waals surface area contributed by atoms with Crippen molar-refractivity contribution in [3.8, 4) is 0 Å². The van der Waals surface area contributed by atoms with Gasteiger partial charge >= 0.3 is 0 Å². The summed E-state index contributed by atoms with van der Waals surface area (Å²) in [6.45, 7) is 1.91. The molecule has 0 radical (unpaired) electrons. The van der Waals surface area contributed by atoms with Gasteiger partial charge in [-0.1, -0.05) is 48.0 Å². The van der Waals surface area contributed by atoms with Crippen molar-refractivity contribution in [2.24, 2.45) is 0 Å². The molecule has 0 saturated carbocycles. The van der Waals surface area contributed by atoms with Crippen LogP contribution in [0, 0.1) is 6.92 Å². The molecule has 0 aliphatic rings. The molecule has 0 saturated heterocycles. The average molecular weight is 355 g/mol. The van der Waals surface area contributed by atoms with Crippen molar-refractivity contribution in [2.45, 2.75) is 17.6 Å². The minimum Gasteiger partial charge on any atom is -0.259 e. The third kappa shape index (κ3) is 5.26. The second kappa shape index (κ2) is 7.94. The van der Waals surface area contributed by atoms with E-state index in [-0.39, 0.29) is 0 Å². The van der Waals surface area contributed by atoms with Crippen molar-refractivity contribution in [3.05, 3.63) is 65.7 Å². The van der Waals surface area contributed by atoms with Crippen molar-refractivity contribution in [3.63, 3.8) is 0 Å². The zero-order valence-electron chi connectivity index (χ0n) is 12.3. The van der Waals surface area contributed by atoms with E-state index in [1.165, 1.54) is 0 Å². The summed E-state index contributed by atoms with van der Waals surface area (Å²) in [5.41, 5.74) is 2.03. The van der Waals surface area contributed by atoms with E-state index < -0.39 is 19.7 Å². The van der Waals surface area contributed by atoms with Gasteiger partial charge in [0.25, 0.3) is 0 Å². The third-order valence-corrected chi connectivity index (χ3v) is 8.14. The highest BCUT2D eigenvalue weighted by molar-refractivity contribution is 8.72.